The van der Waals surface area contributed by atoms with Gasteiger partial charge in [-0.1, -0.05) is 11.6 Å². The number of benzene rings is 1. The molecule has 0 saturated carbocycles. The average Bonchev–Trinajstić information content (AvgIpc) is 2.65. The molecule has 18 heavy (non-hydrogen) atoms. The minimum Gasteiger partial charge on any atom is -0.477 e. The van der Waals surface area contributed by atoms with Crippen molar-refractivity contribution in [3.05, 3.63) is 51.2 Å². The van der Waals surface area contributed by atoms with Crippen LogP contribution < -0.4 is 0 Å². The highest BCUT2D eigenvalue weighted by Crippen LogP contribution is 2.26. The molecule has 0 aliphatic heterocycles. The standard InChI is InChI=1S/C11H5BrClF2NO2/c12-6-2-9(8(15)3-7(6)14)16-4-5(13)1-10(16)11(17)18/h1-4H,(H,17,18). The van der Waals surface area contributed by atoms with E-state index in [-0.39, 0.29) is 20.9 Å². The van der Waals surface area contributed by atoms with E-state index in [0.29, 0.717) is 6.07 Å². The van der Waals surface area contributed by atoms with Crippen LogP contribution in [0.15, 0.2) is 28.9 Å². The van der Waals surface area contributed by atoms with Crippen LogP contribution >= 0.6 is 27.5 Å². The van der Waals surface area contributed by atoms with Crippen LogP contribution in [0.5, 0.6) is 0 Å². The van der Waals surface area contributed by atoms with E-state index in [1.807, 2.05) is 0 Å². The molecule has 0 radical (unpaired) electrons. The zero-order chi connectivity index (χ0) is 13.4. The van der Waals surface area contributed by atoms with Crippen LogP contribution in [-0.2, 0) is 0 Å². The molecule has 0 aliphatic rings. The molecule has 0 fully saturated rings. The molecule has 0 aliphatic carbocycles. The third-order valence-corrected chi connectivity index (χ3v) is 3.07. The molecular weight excluding hydrogens is 331 g/mol. The minimum atomic E-state index is -1.26. The van der Waals surface area contributed by atoms with E-state index >= 15 is 0 Å². The fourth-order valence-electron chi connectivity index (χ4n) is 1.49. The Hall–Kier alpha value is -1.40. The summed E-state index contributed by atoms with van der Waals surface area (Å²) in [6.07, 6.45) is 1.24. The normalized spacial score (nSPS) is 10.7. The average molecular weight is 337 g/mol. The second kappa shape index (κ2) is 4.70. The van der Waals surface area contributed by atoms with Crippen LogP contribution in [0.3, 0.4) is 0 Å². The molecule has 1 aromatic heterocycles. The summed E-state index contributed by atoms with van der Waals surface area (Å²) in [5.41, 5.74) is -0.315. The minimum absolute atomic E-state index is 0.0278. The van der Waals surface area contributed by atoms with Gasteiger partial charge in [0.2, 0.25) is 0 Å². The van der Waals surface area contributed by atoms with Gasteiger partial charge in [0, 0.05) is 12.3 Å². The number of nitrogens with zero attached hydrogens (tertiary/aromatic N) is 1. The predicted octanol–water partition coefficient (Wildman–Crippen LogP) is 3.87. The Morgan fingerprint density at radius 2 is 1.94 bits per heavy atom. The first-order chi connectivity index (χ1) is 8.40. The van der Waals surface area contributed by atoms with Crippen LogP contribution in [0.2, 0.25) is 5.02 Å². The molecule has 3 nitrogen and oxygen atoms in total. The van der Waals surface area contributed by atoms with Gasteiger partial charge < -0.3 is 9.67 Å². The first-order valence-electron chi connectivity index (χ1n) is 4.66. The molecule has 2 aromatic rings. The third kappa shape index (κ3) is 2.26. The molecule has 0 spiro atoms. The molecule has 0 saturated heterocycles. The van der Waals surface area contributed by atoms with E-state index in [1.165, 1.54) is 12.3 Å². The van der Waals surface area contributed by atoms with Crippen molar-refractivity contribution in [2.75, 3.05) is 0 Å². The number of carboxylic acid groups (broad SMARTS) is 1. The van der Waals surface area contributed by atoms with Crippen LogP contribution in [0.4, 0.5) is 8.78 Å². The molecule has 0 amide bonds. The monoisotopic (exact) mass is 335 g/mol. The lowest BCUT2D eigenvalue weighted by Crippen LogP contribution is -2.07. The molecule has 2 rings (SSSR count). The molecule has 1 heterocycles. The second-order valence-corrected chi connectivity index (χ2v) is 4.73. The first kappa shape index (κ1) is 13.0. The van der Waals surface area contributed by atoms with Gasteiger partial charge in [-0.05, 0) is 28.1 Å². The summed E-state index contributed by atoms with van der Waals surface area (Å²) in [5.74, 6) is -2.92. The maximum Gasteiger partial charge on any atom is 0.352 e. The summed E-state index contributed by atoms with van der Waals surface area (Å²) in [5, 5.41) is 9.11. The van der Waals surface area contributed by atoms with Crippen molar-refractivity contribution < 1.29 is 18.7 Å². The predicted molar refractivity (Wildman–Crippen MR) is 65.4 cm³/mol. The lowest BCUT2D eigenvalue weighted by atomic mass is 10.3. The quantitative estimate of drug-likeness (QED) is 0.846. The summed E-state index contributed by atoms with van der Waals surface area (Å²) in [4.78, 5) is 11.0. The van der Waals surface area contributed by atoms with E-state index in [4.69, 9.17) is 16.7 Å². The van der Waals surface area contributed by atoms with Gasteiger partial charge in [-0.25, -0.2) is 13.6 Å². The zero-order valence-corrected chi connectivity index (χ0v) is 11.0. The van der Waals surface area contributed by atoms with Crippen molar-refractivity contribution in [3.63, 3.8) is 0 Å². The number of carbonyl (C=O) groups is 1. The largest absolute Gasteiger partial charge is 0.477 e. The number of aromatic nitrogens is 1. The molecule has 94 valence electrons. The van der Waals surface area contributed by atoms with Gasteiger partial charge in [-0.3, -0.25) is 0 Å². The van der Waals surface area contributed by atoms with Gasteiger partial charge in [-0.15, -0.1) is 0 Å². The fraction of sp³-hybridized carbons (Fsp3) is 0. The summed E-state index contributed by atoms with van der Waals surface area (Å²) < 4.78 is 27.8. The number of hydrogen-bond donors (Lipinski definition) is 1. The van der Waals surface area contributed by atoms with Gasteiger partial charge in [0.1, 0.15) is 17.3 Å². The number of hydrogen-bond acceptors (Lipinski definition) is 1. The van der Waals surface area contributed by atoms with Crippen LogP contribution in [0, 0.1) is 11.6 Å². The lowest BCUT2D eigenvalue weighted by Gasteiger charge is -2.08. The summed E-state index contributed by atoms with van der Waals surface area (Å²) in [6.45, 7) is 0. The van der Waals surface area contributed by atoms with Crippen molar-refractivity contribution in [1.82, 2.24) is 4.57 Å². The summed E-state index contributed by atoms with van der Waals surface area (Å²) in [7, 11) is 0. The Bertz CT molecular complexity index is 642. The molecule has 0 unspecified atom stereocenters. The topological polar surface area (TPSA) is 42.2 Å². The van der Waals surface area contributed by atoms with E-state index in [9.17, 15) is 13.6 Å². The molecule has 7 heteroatoms. The highest BCUT2D eigenvalue weighted by molar-refractivity contribution is 9.10. The van der Waals surface area contributed by atoms with Gasteiger partial charge in [-0.2, -0.15) is 0 Å². The summed E-state index contributed by atoms with van der Waals surface area (Å²) in [6, 6.07) is 2.99. The van der Waals surface area contributed by atoms with Gasteiger partial charge >= 0.3 is 5.97 Å². The molecule has 0 atom stereocenters. The van der Waals surface area contributed by atoms with E-state index in [0.717, 1.165) is 10.6 Å². The van der Waals surface area contributed by atoms with Crippen molar-refractivity contribution in [2.45, 2.75) is 0 Å². The third-order valence-electron chi connectivity index (χ3n) is 2.25. The Morgan fingerprint density at radius 1 is 1.28 bits per heavy atom. The number of carboxylic acids is 1. The highest BCUT2D eigenvalue weighted by Gasteiger charge is 2.17. The smallest absolute Gasteiger partial charge is 0.352 e. The Kier molecular flexibility index (Phi) is 3.41. The maximum atomic E-state index is 13.7. The fourth-order valence-corrected chi connectivity index (χ4v) is 2.02. The SMILES string of the molecule is O=C(O)c1cc(Cl)cn1-c1cc(Br)c(F)cc1F. The Balaban J connectivity index is 2.69. The van der Waals surface area contributed by atoms with Crippen molar-refractivity contribution in [1.29, 1.82) is 0 Å². The van der Waals surface area contributed by atoms with E-state index < -0.39 is 17.6 Å². The van der Waals surface area contributed by atoms with Crippen molar-refractivity contribution in [3.8, 4) is 5.69 Å². The molecule has 0 bridgehead atoms. The van der Waals surface area contributed by atoms with Crippen LogP contribution in [0.25, 0.3) is 5.69 Å². The zero-order valence-electron chi connectivity index (χ0n) is 8.62. The van der Waals surface area contributed by atoms with Gasteiger partial charge in [0.15, 0.2) is 0 Å². The Morgan fingerprint density at radius 3 is 2.56 bits per heavy atom. The molecule has 1 aromatic carbocycles. The number of rotatable bonds is 2. The summed E-state index contributed by atoms with van der Waals surface area (Å²) >= 11 is 8.60. The van der Waals surface area contributed by atoms with E-state index in [2.05, 4.69) is 15.9 Å². The van der Waals surface area contributed by atoms with Gasteiger partial charge in [0.05, 0.1) is 15.2 Å². The molecular formula is C11H5BrClF2NO2. The van der Waals surface area contributed by atoms with Crippen LogP contribution in [0.1, 0.15) is 10.5 Å². The molecule has 1 N–H and O–H groups in total. The van der Waals surface area contributed by atoms with Crippen molar-refractivity contribution in [2.24, 2.45) is 0 Å². The second-order valence-electron chi connectivity index (χ2n) is 3.44. The first-order valence-corrected chi connectivity index (χ1v) is 5.83. The number of aromatic carboxylic acids is 1. The Labute approximate surface area is 114 Å². The lowest BCUT2D eigenvalue weighted by molar-refractivity contribution is 0.0688. The van der Waals surface area contributed by atoms with Crippen LogP contribution in [-0.4, -0.2) is 15.6 Å². The number of halogens is 4. The maximum absolute atomic E-state index is 13.7. The highest BCUT2D eigenvalue weighted by atomic mass is 79.9. The van der Waals surface area contributed by atoms with Crippen molar-refractivity contribution >= 4 is 33.5 Å². The van der Waals surface area contributed by atoms with E-state index in [1.54, 1.807) is 0 Å². The van der Waals surface area contributed by atoms with Gasteiger partial charge in [0.25, 0.3) is 0 Å².